The number of aliphatic hydroxyl groups excluding tert-OH is 5. The SMILES string of the molecule is CCCCCCCCC/C=C\CCCCCCCCCC(=O)OCCCCCCCCCCCCCCCCCCCCCCCCCCCCCCCCCCCC(=O)NC(COC1OC(CO)C(O)C(O)C1O)C(O)/C=C/CCCCCCCCC. The van der Waals surface area contributed by atoms with Gasteiger partial charge in [-0.3, -0.25) is 9.59 Å². The van der Waals surface area contributed by atoms with Crippen LogP contribution in [0, 0.1) is 0 Å². The van der Waals surface area contributed by atoms with E-state index in [-0.39, 0.29) is 18.5 Å². The van der Waals surface area contributed by atoms with Crippen molar-refractivity contribution in [2.45, 2.75) is 436 Å². The predicted octanol–water partition coefficient (Wildman–Crippen LogP) is 20.4. The summed E-state index contributed by atoms with van der Waals surface area (Å²) in [5.41, 5.74) is 0. The van der Waals surface area contributed by atoms with Crippen LogP contribution < -0.4 is 5.32 Å². The highest BCUT2D eigenvalue weighted by atomic mass is 16.7. The molecule has 0 spiro atoms. The van der Waals surface area contributed by atoms with Crippen molar-refractivity contribution < 1.29 is 49.3 Å². The number of amides is 1. The molecule has 0 aromatic heterocycles. The number of aliphatic hydroxyl groups is 5. The van der Waals surface area contributed by atoms with Crippen LogP contribution in [0.2, 0.25) is 0 Å². The number of unbranched alkanes of at least 4 members (excludes halogenated alkanes) is 53. The van der Waals surface area contributed by atoms with E-state index in [0.29, 0.717) is 19.4 Å². The number of allylic oxidation sites excluding steroid dienone is 3. The predicted molar refractivity (Wildman–Crippen MR) is 371 cm³/mol. The molecule has 0 aromatic carbocycles. The number of rotatable bonds is 69. The maximum Gasteiger partial charge on any atom is 0.305 e. The maximum atomic E-state index is 13.0. The summed E-state index contributed by atoms with van der Waals surface area (Å²) in [5, 5.41) is 54.3. The van der Waals surface area contributed by atoms with Crippen molar-refractivity contribution in [3.63, 3.8) is 0 Å². The van der Waals surface area contributed by atoms with Crippen molar-refractivity contribution in [2.24, 2.45) is 0 Å². The van der Waals surface area contributed by atoms with Gasteiger partial charge in [0.25, 0.3) is 0 Å². The third kappa shape index (κ3) is 54.7. The second-order valence-electron chi connectivity index (χ2n) is 27.1. The monoisotopic (exact) mass is 1250 g/mol. The molecule has 1 saturated heterocycles. The molecule has 0 radical (unpaired) electrons. The van der Waals surface area contributed by atoms with E-state index in [1.54, 1.807) is 6.08 Å². The molecule has 0 aromatic rings. The van der Waals surface area contributed by atoms with E-state index in [2.05, 4.69) is 31.3 Å². The molecule has 0 saturated carbocycles. The van der Waals surface area contributed by atoms with Crippen LogP contribution in [-0.4, -0.2) is 100 Å². The molecule has 0 bridgehead atoms. The highest BCUT2D eigenvalue weighted by molar-refractivity contribution is 5.76. The van der Waals surface area contributed by atoms with Crippen molar-refractivity contribution in [2.75, 3.05) is 19.8 Å². The van der Waals surface area contributed by atoms with Gasteiger partial charge in [-0.1, -0.05) is 346 Å². The first kappa shape index (κ1) is 84.2. The number of carbonyl (C=O) groups is 2. The second kappa shape index (κ2) is 66.6. The van der Waals surface area contributed by atoms with Crippen LogP contribution in [0.25, 0.3) is 0 Å². The highest BCUT2D eigenvalue weighted by Gasteiger charge is 2.44. The van der Waals surface area contributed by atoms with Crippen LogP contribution in [0.4, 0.5) is 0 Å². The van der Waals surface area contributed by atoms with Crippen LogP contribution in [-0.2, 0) is 23.8 Å². The molecule has 1 aliphatic rings. The Bertz CT molecular complexity index is 1510. The first-order chi connectivity index (χ1) is 43.2. The number of ether oxygens (including phenoxy) is 3. The van der Waals surface area contributed by atoms with Gasteiger partial charge >= 0.3 is 5.97 Å². The number of esters is 1. The zero-order chi connectivity index (χ0) is 63.7. The third-order valence-corrected chi connectivity index (χ3v) is 18.6. The lowest BCUT2D eigenvalue weighted by atomic mass is 9.99. The summed E-state index contributed by atoms with van der Waals surface area (Å²) in [6, 6.07) is -0.804. The standard InChI is InChI=1S/C77H147NO10/c1-3-5-7-9-11-13-14-15-16-17-36-39-42-45-49-53-57-61-65-73(82)86-66-62-58-54-50-46-43-40-37-34-32-30-28-26-24-22-20-18-19-21-23-25-27-29-31-33-35-38-41-44-48-52-56-60-64-72(81)78-69(70(80)63-59-55-51-47-12-10-8-6-4-2)68-87-77-76(85)75(84)74(83)71(67-79)88-77/h16-17,59,63,69-71,74-77,79-80,83-85H,3-15,18-58,60-62,64-68H2,1-2H3,(H,78,81)/b17-16-,63-59+. The molecular formula is C77H147NO10. The molecule has 7 unspecified atom stereocenters. The van der Waals surface area contributed by atoms with E-state index in [9.17, 15) is 35.1 Å². The number of nitrogens with one attached hydrogen (secondary N) is 1. The lowest BCUT2D eigenvalue weighted by Crippen LogP contribution is -2.60. The molecule has 1 aliphatic heterocycles. The summed E-state index contributed by atoms with van der Waals surface area (Å²) in [5.74, 6) is -0.165. The largest absolute Gasteiger partial charge is 0.466 e. The Labute approximate surface area is 543 Å². The summed E-state index contributed by atoms with van der Waals surface area (Å²) in [4.78, 5) is 25.1. The minimum Gasteiger partial charge on any atom is -0.466 e. The fourth-order valence-electron chi connectivity index (χ4n) is 12.5. The van der Waals surface area contributed by atoms with Gasteiger partial charge in [0.15, 0.2) is 6.29 Å². The summed E-state index contributed by atoms with van der Waals surface area (Å²) < 4.78 is 16.7. The Morgan fingerprint density at radius 3 is 1.09 bits per heavy atom. The van der Waals surface area contributed by atoms with Crippen LogP contribution in [0.15, 0.2) is 24.3 Å². The highest BCUT2D eigenvalue weighted by Crippen LogP contribution is 2.24. The van der Waals surface area contributed by atoms with Crippen LogP contribution >= 0.6 is 0 Å². The Morgan fingerprint density at radius 2 is 0.727 bits per heavy atom. The molecule has 1 fully saturated rings. The van der Waals surface area contributed by atoms with E-state index in [0.717, 1.165) is 57.8 Å². The lowest BCUT2D eigenvalue weighted by Gasteiger charge is -2.40. The molecule has 11 heteroatoms. The molecule has 0 aliphatic carbocycles. The number of carbonyl (C=O) groups excluding carboxylic acids is 2. The molecule has 6 N–H and O–H groups in total. The van der Waals surface area contributed by atoms with Gasteiger partial charge < -0.3 is 45.1 Å². The van der Waals surface area contributed by atoms with Gasteiger partial charge in [0.2, 0.25) is 5.91 Å². The van der Waals surface area contributed by atoms with Crippen LogP contribution in [0.5, 0.6) is 0 Å². The lowest BCUT2D eigenvalue weighted by molar-refractivity contribution is -0.302. The molecule has 1 heterocycles. The van der Waals surface area contributed by atoms with E-state index in [1.165, 1.54) is 308 Å². The van der Waals surface area contributed by atoms with Gasteiger partial charge in [-0.05, 0) is 57.8 Å². The Balaban J connectivity index is 1.85. The zero-order valence-corrected chi connectivity index (χ0v) is 58.0. The Kier molecular flexibility index (Phi) is 63.7. The molecule has 1 amide bonds. The topological polar surface area (TPSA) is 175 Å². The van der Waals surface area contributed by atoms with Gasteiger partial charge in [-0.25, -0.2) is 0 Å². The summed E-state index contributed by atoms with van der Waals surface area (Å²) in [7, 11) is 0. The van der Waals surface area contributed by atoms with Gasteiger partial charge in [-0.2, -0.15) is 0 Å². The molecule has 520 valence electrons. The van der Waals surface area contributed by atoms with E-state index < -0.39 is 49.5 Å². The average molecular weight is 1250 g/mol. The minimum atomic E-state index is -1.57. The first-order valence-electron chi connectivity index (χ1n) is 38.6. The van der Waals surface area contributed by atoms with Gasteiger partial charge in [0.1, 0.15) is 24.4 Å². The minimum absolute atomic E-state index is 0.0123. The van der Waals surface area contributed by atoms with E-state index >= 15 is 0 Å². The molecular weight excluding hydrogens is 1100 g/mol. The van der Waals surface area contributed by atoms with Crippen molar-refractivity contribution in [3.8, 4) is 0 Å². The first-order valence-corrected chi connectivity index (χ1v) is 38.6. The van der Waals surface area contributed by atoms with Gasteiger partial charge in [0, 0.05) is 12.8 Å². The van der Waals surface area contributed by atoms with Crippen molar-refractivity contribution >= 4 is 11.9 Å². The van der Waals surface area contributed by atoms with Gasteiger partial charge in [-0.15, -0.1) is 0 Å². The van der Waals surface area contributed by atoms with Gasteiger partial charge in [0.05, 0.1) is 32.0 Å². The Morgan fingerprint density at radius 1 is 0.409 bits per heavy atom. The normalized spacial score (nSPS) is 17.8. The molecule has 11 nitrogen and oxygen atoms in total. The number of hydrogen-bond acceptors (Lipinski definition) is 10. The summed E-state index contributed by atoms with van der Waals surface area (Å²) in [6.07, 6.45) is 75.0. The molecule has 1 rings (SSSR count). The zero-order valence-electron chi connectivity index (χ0n) is 58.0. The van der Waals surface area contributed by atoms with Crippen LogP contribution in [0.1, 0.15) is 393 Å². The second-order valence-corrected chi connectivity index (χ2v) is 27.1. The fourth-order valence-corrected chi connectivity index (χ4v) is 12.5. The Hall–Kier alpha value is -1.86. The van der Waals surface area contributed by atoms with Crippen molar-refractivity contribution in [1.82, 2.24) is 5.32 Å². The summed E-state index contributed by atoms with van der Waals surface area (Å²) >= 11 is 0. The van der Waals surface area contributed by atoms with E-state index in [4.69, 9.17) is 14.2 Å². The quantitative estimate of drug-likeness (QED) is 0.0195. The van der Waals surface area contributed by atoms with Crippen molar-refractivity contribution in [3.05, 3.63) is 24.3 Å². The van der Waals surface area contributed by atoms with E-state index in [1.807, 2.05) is 6.08 Å². The van der Waals surface area contributed by atoms with Crippen LogP contribution in [0.3, 0.4) is 0 Å². The fraction of sp³-hybridized carbons (Fsp3) is 0.922. The molecule has 88 heavy (non-hydrogen) atoms. The maximum absolute atomic E-state index is 13.0. The average Bonchev–Trinajstić information content (AvgIpc) is 2.57. The van der Waals surface area contributed by atoms with Crippen molar-refractivity contribution in [1.29, 1.82) is 0 Å². The third-order valence-electron chi connectivity index (χ3n) is 18.6. The number of hydrogen-bond donors (Lipinski definition) is 6. The smallest absolute Gasteiger partial charge is 0.305 e. The molecule has 7 atom stereocenters. The summed E-state index contributed by atoms with van der Waals surface area (Å²) in [6.45, 7) is 4.36.